The summed E-state index contributed by atoms with van der Waals surface area (Å²) in [6.45, 7) is 2.87. The van der Waals surface area contributed by atoms with Crippen molar-refractivity contribution in [1.29, 1.82) is 0 Å². The van der Waals surface area contributed by atoms with Crippen LogP contribution >= 0.6 is 12.2 Å². The van der Waals surface area contributed by atoms with Crippen molar-refractivity contribution >= 4 is 23.0 Å². The van der Waals surface area contributed by atoms with Crippen molar-refractivity contribution in [2.24, 2.45) is 0 Å². The number of rotatable bonds is 3. The fourth-order valence-corrected chi connectivity index (χ4v) is 1.20. The summed E-state index contributed by atoms with van der Waals surface area (Å²) in [4.78, 5) is 0. The van der Waals surface area contributed by atoms with E-state index in [1.165, 1.54) is 12.1 Å². The van der Waals surface area contributed by atoms with E-state index in [0.29, 0.717) is 10.8 Å². The van der Waals surface area contributed by atoms with Crippen LogP contribution in [0.3, 0.4) is 0 Å². The second kappa shape index (κ2) is 5.54. The maximum absolute atomic E-state index is 12.8. The molecule has 1 rings (SSSR count). The Kier molecular flexibility index (Phi) is 4.32. The third kappa shape index (κ3) is 3.70. The van der Waals surface area contributed by atoms with E-state index in [0.717, 1.165) is 13.0 Å². The largest absolute Gasteiger partial charge is 0.362 e. The Bertz CT molecular complexity index is 315. The van der Waals surface area contributed by atoms with Crippen LogP contribution in [0.5, 0.6) is 0 Å². The molecule has 0 saturated heterocycles. The Morgan fingerprint density at radius 3 is 2.93 bits per heavy atom. The van der Waals surface area contributed by atoms with Crippen LogP contribution in [-0.2, 0) is 0 Å². The standard InChI is InChI=1S/C10H13FN2S/c1-2-6-12-10(14)13-9-5-3-4-8(11)7-9/h3-5,7H,2,6H2,1H3,(H2,12,13,14). The van der Waals surface area contributed by atoms with Crippen molar-refractivity contribution < 1.29 is 4.39 Å². The second-order valence-corrected chi connectivity index (χ2v) is 3.30. The number of nitrogens with one attached hydrogen (secondary N) is 2. The molecular formula is C10H13FN2S. The molecule has 76 valence electrons. The Morgan fingerprint density at radius 1 is 1.50 bits per heavy atom. The Morgan fingerprint density at radius 2 is 2.29 bits per heavy atom. The van der Waals surface area contributed by atoms with Crippen molar-refractivity contribution in [3.05, 3.63) is 30.1 Å². The van der Waals surface area contributed by atoms with Crippen LogP contribution in [0.2, 0.25) is 0 Å². The minimum Gasteiger partial charge on any atom is -0.362 e. The summed E-state index contributed by atoms with van der Waals surface area (Å²) in [5.41, 5.74) is 0.665. The fourth-order valence-electron chi connectivity index (χ4n) is 0.980. The molecule has 2 N–H and O–H groups in total. The van der Waals surface area contributed by atoms with Gasteiger partial charge in [-0.25, -0.2) is 4.39 Å². The molecule has 0 unspecified atom stereocenters. The molecule has 2 nitrogen and oxygen atoms in total. The van der Waals surface area contributed by atoms with Crippen molar-refractivity contribution in [2.75, 3.05) is 11.9 Å². The average Bonchev–Trinajstić information content (AvgIpc) is 2.15. The van der Waals surface area contributed by atoms with E-state index in [-0.39, 0.29) is 5.82 Å². The van der Waals surface area contributed by atoms with Gasteiger partial charge in [0, 0.05) is 12.2 Å². The maximum Gasteiger partial charge on any atom is 0.170 e. The van der Waals surface area contributed by atoms with Gasteiger partial charge in [-0.15, -0.1) is 0 Å². The van der Waals surface area contributed by atoms with Crippen LogP contribution in [-0.4, -0.2) is 11.7 Å². The van der Waals surface area contributed by atoms with Crippen LogP contribution in [0.1, 0.15) is 13.3 Å². The molecule has 4 heteroatoms. The molecule has 0 aliphatic carbocycles. The van der Waals surface area contributed by atoms with Gasteiger partial charge in [-0.05, 0) is 36.8 Å². The summed E-state index contributed by atoms with van der Waals surface area (Å²) in [6, 6.07) is 6.21. The zero-order chi connectivity index (χ0) is 10.4. The van der Waals surface area contributed by atoms with Crippen LogP contribution in [0.4, 0.5) is 10.1 Å². The monoisotopic (exact) mass is 212 g/mol. The smallest absolute Gasteiger partial charge is 0.170 e. The molecule has 14 heavy (non-hydrogen) atoms. The van der Waals surface area contributed by atoms with Gasteiger partial charge < -0.3 is 10.6 Å². The molecular weight excluding hydrogens is 199 g/mol. The molecule has 0 atom stereocenters. The Labute approximate surface area is 88.5 Å². The van der Waals surface area contributed by atoms with Crippen LogP contribution < -0.4 is 10.6 Å². The lowest BCUT2D eigenvalue weighted by Gasteiger charge is -2.09. The molecule has 0 amide bonds. The van der Waals surface area contributed by atoms with E-state index in [4.69, 9.17) is 12.2 Å². The van der Waals surface area contributed by atoms with E-state index >= 15 is 0 Å². The van der Waals surface area contributed by atoms with E-state index in [1.807, 2.05) is 0 Å². The first kappa shape index (κ1) is 10.9. The highest BCUT2D eigenvalue weighted by molar-refractivity contribution is 7.80. The van der Waals surface area contributed by atoms with Gasteiger partial charge in [-0.2, -0.15) is 0 Å². The minimum atomic E-state index is -0.270. The molecule has 0 aliphatic rings. The van der Waals surface area contributed by atoms with Gasteiger partial charge >= 0.3 is 0 Å². The zero-order valence-corrected chi connectivity index (χ0v) is 8.83. The summed E-state index contributed by atoms with van der Waals surface area (Å²) in [5.74, 6) is -0.270. The minimum absolute atomic E-state index is 0.270. The highest BCUT2D eigenvalue weighted by Gasteiger charge is 1.97. The first-order valence-corrected chi connectivity index (χ1v) is 4.93. The average molecular weight is 212 g/mol. The fraction of sp³-hybridized carbons (Fsp3) is 0.300. The van der Waals surface area contributed by atoms with E-state index in [1.54, 1.807) is 12.1 Å². The van der Waals surface area contributed by atoms with Gasteiger partial charge in [0.05, 0.1) is 0 Å². The lowest BCUT2D eigenvalue weighted by Crippen LogP contribution is -2.28. The van der Waals surface area contributed by atoms with Gasteiger partial charge in [0.1, 0.15) is 5.82 Å². The normalized spacial score (nSPS) is 9.57. The topological polar surface area (TPSA) is 24.1 Å². The van der Waals surface area contributed by atoms with E-state index in [9.17, 15) is 4.39 Å². The molecule has 0 saturated carbocycles. The molecule has 0 aliphatic heterocycles. The number of thiocarbonyl (C=S) groups is 1. The summed E-state index contributed by atoms with van der Waals surface area (Å²) in [5, 5.41) is 6.42. The van der Waals surface area contributed by atoms with Gasteiger partial charge in [0.15, 0.2) is 5.11 Å². The number of hydrogen-bond donors (Lipinski definition) is 2. The van der Waals surface area contributed by atoms with Crippen molar-refractivity contribution in [1.82, 2.24) is 5.32 Å². The zero-order valence-electron chi connectivity index (χ0n) is 8.01. The molecule has 0 spiro atoms. The van der Waals surface area contributed by atoms with Crippen molar-refractivity contribution in [2.45, 2.75) is 13.3 Å². The number of anilines is 1. The van der Waals surface area contributed by atoms with E-state index in [2.05, 4.69) is 17.6 Å². The highest BCUT2D eigenvalue weighted by atomic mass is 32.1. The predicted octanol–water partition coefficient (Wildman–Crippen LogP) is 2.52. The summed E-state index contributed by atoms with van der Waals surface area (Å²) in [7, 11) is 0. The molecule has 0 aromatic heterocycles. The maximum atomic E-state index is 12.8. The van der Waals surface area contributed by atoms with E-state index < -0.39 is 0 Å². The number of benzene rings is 1. The van der Waals surface area contributed by atoms with Gasteiger partial charge in [0.2, 0.25) is 0 Å². The van der Waals surface area contributed by atoms with Crippen LogP contribution in [0.25, 0.3) is 0 Å². The molecule has 1 aromatic rings. The molecule has 0 bridgehead atoms. The predicted molar refractivity (Wildman–Crippen MR) is 60.9 cm³/mol. The molecule has 1 aromatic carbocycles. The van der Waals surface area contributed by atoms with Crippen molar-refractivity contribution in [3.8, 4) is 0 Å². The lowest BCUT2D eigenvalue weighted by atomic mass is 10.3. The second-order valence-electron chi connectivity index (χ2n) is 2.89. The summed E-state index contributed by atoms with van der Waals surface area (Å²) in [6.07, 6.45) is 1.00. The molecule has 0 radical (unpaired) electrons. The lowest BCUT2D eigenvalue weighted by molar-refractivity contribution is 0.628. The van der Waals surface area contributed by atoms with Gasteiger partial charge in [-0.1, -0.05) is 13.0 Å². The number of hydrogen-bond acceptors (Lipinski definition) is 1. The SMILES string of the molecule is CCCNC(=S)Nc1cccc(F)c1. The highest BCUT2D eigenvalue weighted by Crippen LogP contribution is 2.08. The van der Waals surface area contributed by atoms with Crippen LogP contribution in [0.15, 0.2) is 24.3 Å². The Hall–Kier alpha value is -1.16. The first-order valence-electron chi connectivity index (χ1n) is 4.53. The quantitative estimate of drug-likeness (QED) is 0.753. The van der Waals surface area contributed by atoms with Crippen LogP contribution in [0, 0.1) is 5.82 Å². The third-order valence-electron chi connectivity index (χ3n) is 1.62. The number of halogens is 1. The Balaban J connectivity index is 2.47. The summed E-state index contributed by atoms with van der Waals surface area (Å²) >= 11 is 5.00. The van der Waals surface area contributed by atoms with Gasteiger partial charge in [0.25, 0.3) is 0 Å². The van der Waals surface area contributed by atoms with Gasteiger partial charge in [-0.3, -0.25) is 0 Å². The molecule has 0 heterocycles. The molecule has 0 fully saturated rings. The van der Waals surface area contributed by atoms with Crippen molar-refractivity contribution in [3.63, 3.8) is 0 Å². The third-order valence-corrected chi connectivity index (χ3v) is 1.86. The first-order chi connectivity index (χ1) is 6.72. The summed E-state index contributed by atoms with van der Waals surface area (Å²) < 4.78 is 12.8.